The van der Waals surface area contributed by atoms with E-state index in [1.54, 1.807) is 18.2 Å². The van der Waals surface area contributed by atoms with E-state index in [1.807, 2.05) is 6.07 Å². The number of amides is 1. The summed E-state index contributed by atoms with van der Waals surface area (Å²) in [5.74, 6) is -0.415. The van der Waals surface area contributed by atoms with Gasteiger partial charge in [0.1, 0.15) is 6.17 Å². The van der Waals surface area contributed by atoms with Crippen molar-refractivity contribution < 1.29 is 18.0 Å². The quantitative estimate of drug-likeness (QED) is 0.532. The Morgan fingerprint density at radius 1 is 1.19 bits per heavy atom. The summed E-state index contributed by atoms with van der Waals surface area (Å²) >= 11 is 0. The molecular formula is C22H29F3N6O. The molecule has 7 nitrogen and oxygen atoms in total. The van der Waals surface area contributed by atoms with E-state index in [2.05, 4.69) is 32.5 Å². The molecule has 3 fully saturated rings. The van der Waals surface area contributed by atoms with E-state index < -0.39 is 12.7 Å². The molecule has 1 saturated carbocycles. The van der Waals surface area contributed by atoms with Crippen molar-refractivity contribution in [2.24, 2.45) is 11.8 Å². The van der Waals surface area contributed by atoms with Gasteiger partial charge in [-0.2, -0.15) is 18.4 Å². The fourth-order valence-corrected chi connectivity index (χ4v) is 5.20. The molecule has 3 aliphatic rings. The highest BCUT2D eigenvalue weighted by molar-refractivity contribution is 5.82. The van der Waals surface area contributed by atoms with Gasteiger partial charge in [0.15, 0.2) is 0 Å². The maximum Gasteiger partial charge on any atom is 0.401 e. The molecule has 0 aromatic heterocycles. The van der Waals surface area contributed by atoms with Crippen LogP contribution in [0.2, 0.25) is 0 Å². The lowest BCUT2D eigenvalue weighted by molar-refractivity contribution is -0.128. The highest BCUT2D eigenvalue weighted by atomic mass is 19.4. The molecule has 2 aliphatic heterocycles. The first-order chi connectivity index (χ1) is 15.4. The average Bonchev–Trinajstić information content (AvgIpc) is 3.12. The van der Waals surface area contributed by atoms with Gasteiger partial charge in [-0.25, -0.2) is 10.4 Å². The molecule has 1 aromatic rings. The van der Waals surface area contributed by atoms with E-state index in [1.165, 1.54) is 0 Å². The van der Waals surface area contributed by atoms with Crippen LogP contribution in [0.3, 0.4) is 0 Å². The molecule has 5 atom stereocenters. The largest absolute Gasteiger partial charge is 0.401 e. The molecule has 1 aromatic carbocycles. The van der Waals surface area contributed by atoms with Crippen LogP contribution in [0.15, 0.2) is 24.3 Å². The van der Waals surface area contributed by atoms with Crippen LogP contribution in [0.4, 0.5) is 18.9 Å². The molecule has 0 spiro atoms. The Labute approximate surface area is 185 Å². The van der Waals surface area contributed by atoms with Crippen molar-refractivity contribution in [3.8, 4) is 6.07 Å². The first-order valence-electron chi connectivity index (χ1n) is 11.2. The molecule has 2 heterocycles. The third kappa shape index (κ3) is 5.17. The van der Waals surface area contributed by atoms with Gasteiger partial charge >= 0.3 is 6.18 Å². The number of carbonyl (C=O) groups is 1. The molecule has 32 heavy (non-hydrogen) atoms. The zero-order valence-corrected chi connectivity index (χ0v) is 17.8. The molecule has 3 unspecified atom stereocenters. The summed E-state index contributed by atoms with van der Waals surface area (Å²) in [5, 5.41) is 20.5. The minimum atomic E-state index is -4.25. The number of piperidine rings is 1. The summed E-state index contributed by atoms with van der Waals surface area (Å²) < 4.78 is 37.2. The third-order valence-corrected chi connectivity index (χ3v) is 6.62. The molecule has 174 valence electrons. The van der Waals surface area contributed by atoms with E-state index in [0.29, 0.717) is 6.54 Å². The Morgan fingerprint density at radius 3 is 2.78 bits per heavy atom. The summed E-state index contributed by atoms with van der Waals surface area (Å²) in [6.07, 6.45) is 0.0925. The number of nitriles is 1. The summed E-state index contributed by atoms with van der Waals surface area (Å²) in [6, 6.07) is 9.69. The molecular weight excluding hydrogens is 421 g/mol. The van der Waals surface area contributed by atoms with E-state index in [9.17, 15) is 23.2 Å². The Morgan fingerprint density at radius 2 is 2.00 bits per heavy atom. The van der Waals surface area contributed by atoms with Gasteiger partial charge in [0.05, 0.1) is 24.4 Å². The molecule has 2 saturated heterocycles. The number of anilines is 1. The zero-order valence-electron chi connectivity index (χ0n) is 17.8. The Kier molecular flexibility index (Phi) is 6.88. The first kappa shape index (κ1) is 22.8. The normalized spacial score (nSPS) is 30.9. The van der Waals surface area contributed by atoms with E-state index >= 15 is 0 Å². The zero-order chi connectivity index (χ0) is 22.7. The SMILES string of the molecule is N#C[C@H]1CCCC[C@@H]1N1NC(Nc2cccc(CNCC(F)(F)F)c2)C2C(=O)NCCC21. The van der Waals surface area contributed by atoms with Crippen LogP contribution in [0.5, 0.6) is 0 Å². The van der Waals surface area contributed by atoms with Crippen molar-refractivity contribution in [3.05, 3.63) is 29.8 Å². The molecule has 0 radical (unpaired) electrons. The van der Waals surface area contributed by atoms with Crippen molar-refractivity contribution >= 4 is 11.6 Å². The number of rotatable bonds is 6. The van der Waals surface area contributed by atoms with Crippen LogP contribution < -0.4 is 21.4 Å². The van der Waals surface area contributed by atoms with Crippen molar-refractivity contribution in [1.29, 1.82) is 5.26 Å². The lowest BCUT2D eigenvalue weighted by Gasteiger charge is -2.39. The lowest BCUT2D eigenvalue weighted by Crippen LogP contribution is -2.54. The van der Waals surface area contributed by atoms with Gasteiger partial charge in [0, 0.05) is 30.9 Å². The van der Waals surface area contributed by atoms with E-state index in [0.717, 1.165) is 43.4 Å². The van der Waals surface area contributed by atoms with Gasteiger partial charge in [-0.05, 0) is 37.0 Å². The Balaban J connectivity index is 1.47. The van der Waals surface area contributed by atoms with Crippen LogP contribution in [0.25, 0.3) is 0 Å². The number of hydrazine groups is 1. The van der Waals surface area contributed by atoms with Crippen LogP contribution >= 0.6 is 0 Å². The highest BCUT2D eigenvalue weighted by Crippen LogP contribution is 2.36. The maximum absolute atomic E-state index is 12.8. The summed E-state index contributed by atoms with van der Waals surface area (Å²) in [4.78, 5) is 12.8. The van der Waals surface area contributed by atoms with E-state index in [4.69, 9.17) is 0 Å². The topological polar surface area (TPSA) is 92.2 Å². The van der Waals surface area contributed by atoms with Crippen molar-refractivity contribution in [2.45, 2.75) is 63.1 Å². The lowest BCUT2D eigenvalue weighted by atomic mass is 9.83. The number of hydrogen-bond donors (Lipinski definition) is 4. The van der Waals surface area contributed by atoms with Crippen LogP contribution in [-0.4, -0.2) is 48.4 Å². The number of benzene rings is 1. The van der Waals surface area contributed by atoms with Gasteiger partial charge in [-0.15, -0.1) is 0 Å². The number of fused-ring (bicyclic) bond motifs is 1. The van der Waals surface area contributed by atoms with Gasteiger partial charge in [0.2, 0.25) is 5.91 Å². The van der Waals surface area contributed by atoms with Gasteiger partial charge in [-0.3, -0.25) is 4.79 Å². The number of nitrogens with one attached hydrogen (secondary N) is 4. The maximum atomic E-state index is 12.8. The fraction of sp³-hybridized carbons (Fsp3) is 0.636. The second-order valence-electron chi connectivity index (χ2n) is 8.84. The van der Waals surface area contributed by atoms with Crippen molar-refractivity contribution in [1.82, 2.24) is 21.1 Å². The van der Waals surface area contributed by atoms with E-state index in [-0.39, 0.29) is 42.5 Å². The van der Waals surface area contributed by atoms with Crippen LogP contribution in [-0.2, 0) is 11.3 Å². The van der Waals surface area contributed by atoms with Crippen LogP contribution in [0.1, 0.15) is 37.7 Å². The number of carbonyl (C=O) groups excluding carboxylic acids is 1. The van der Waals surface area contributed by atoms with Crippen molar-refractivity contribution in [3.63, 3.8) is 0 Å². The molecule has 4 N–H and O–H groups in total. The minimum absolute atomic E-state index is 0.00293. The summed E-state index contributed by atoms with van der Waals surface area (Å²) in [7, 11) is 0. The van der Waals surface area contributed by atoms with Gasteiger partial charge in [0.25, 0.3) is 0 Å². The average molecular weight is 451 g/mol. The molecule has 10 heteroatoms. The summed E-state index contributed by atoms with van der Waals surface area (Å²) in [6.45, 7) is -0.345. The van der Waals surface area contributed by atoms with Gasteiger partial charge in [-0.1, -0.05) is 25.0 Å². The predicted molar refractivity (Wildman–Crippen MR) is 113 cm³/mol. The predicted octanol–water partition coefficient (Wildman–Crippen LogP) is 2.48. The molecule has 4 rings (SSSR count). The number of alkyl halides is 3. The molecule has 1 amide bonds. The third-order valence-electron chi connectivity index (χ3n) is 6.62. The standard InChI is InChI=1S/C22H29F3N6O/c23-22(24,25)13-27-12-14-4-3-6-16(10-14)29-20-19-18(8-9-28-21(19)32)31(30-20)17-7-2-1-5-15(17)11-26/h3-4,6,10,15,17-20,27,29-30H,1-2,5,7-9,12-13H2,(H,28,32)/t15-,17+,18?,19?,20?/m1/s1. The Hall–Kier alpha value is -2.35. The first-order valence-corrected chi connectivity index (χ1v) is 11.2. The monoisotopic (exact) mass is 450 g/mol. The fourth-order valence-electron chi connectivity index (χ4n) is 5.20. The Bertz CT molecular complexity index is 857. The molecule has 1 aliphatic carbocycles. The second kappa shape index (κ2) is 9.65. The minimum Gasteiger partial charge on any atom is -0.368 e. The molecule has 0 bridgehead atoms. The van der Waals surface area contributed by atoms with Gasteiger partial charge < -0.3 is 16.0 Å². The number of nitrogens with zero attached hydrogens (tertiary/aromatic N) is 2. The van der Waals surface area contributed by atoms with Crippen LogP contribution in [0, 0.1) is 23.2 Å². The van der Waals surface area contributed by atoms with Crippen molar-refractivity contribution in [2.75, 3.05) is 18.4 Å². The highest BCUT2D eigenvalue weighted by Gasteiger charge is 2.51. The number of halogens is 3. The summed E-state index contributed by atoms with van der Waals surface area (Å²) in [5.41, 5.74) is 4.92. The second-order valence-corrected chi connectivity index (χ2v) is 8.84. The number of hydrogen-bond acceptors (Lipinski definition) is 6. The smallest absolute Gasteiger partial charge is 0.368 e.